The van der Waals surface area contributed by atoms with Gasteiger partial charge in [-0.2, -0.15) is 5.10 Å². The maximum absolute atomic E-state index is 9.27. The Morgan fingerprint density at radius 3 is 2.23 bits per heavy atom. The first-order valence-electron chi connectivity index (χ1n) is 4.51. The van der Waals surface area contributed by atoms with Crippen molar-refractivity contribution in [2.45, 2.75) is 33.1 Å². The van der Waals surface area contributed by atoms with Crippen molar-refractivity contribution >= 4 is 0 Å². The smallest absolute Gasteiger partial charge is 0.0634 e. The summed E-state index contributed by atoms with van der Waals surface area (Å²) in [6.07, 6.45) is 0. The Bertz CT molecular complexity index is 313. The standard InChI is InChI=1S/C10H18N2O/c1-7-9(10(3,4)6-13)8(2)12(5)11-7/h13H,6H2,1-5H3. The van der Waals surface area contributed by atoms with Gasteiger partial charge in [-0.25, -0.2) is 0 Å². The first kappa shape index (κ1) is 10.3. The fraction of sp³-hybridized carbons (Fsp3) is 0.700. The van der Waals surface area contributed by atoms with E-state index in [1.807, 2.05) is 39.4 Å². The van der Waals surface area contributed by atoms with Gasteiger partial charge in [0, 0.05) is 23.7 Å². The average Bonchev–Trinajstić information content (AvgIpc) is 2.27. The van der Waals surface area contributed by atoms with Gasteiger partial charge in [0.25, 0.3) is 0 Å². The maximum atomic E-state index is 9.27. The lowest BCUT2D eigenvalue weighted by molar-refractivity contribution is 0.217. The summed E-state index contributed by atoms with van der Waals surface area (Å²) in [6, 6.07) is 0. The second-order valence-corrected chi connectivity index (χ2v) is 4.21. The monoisotopic (exact) mass is 182 g/mol. The van der Waals surface area contributed by atoms with Crippen molar-refractivity contribution in [2.24, 2.45) is 7.05 Å². The molecule has 0 saturated heterocycles. The summed E-state index contributed by atoms with van der Waals surface area (Å²) < 4.78 is 1.86. The van der Waals surface area contributed by atoms with Crippen LogP contribution in [0.4, 0.5) is 0 Å². The van der Waals surface area contributed by atoms with E-state index in [-0.39, 0.29) is 12.0 Å². The second kappa shape index (κ2) is 3.14. The van der Waals surface area contributed by atoms with E-state index in [4.69, 9.17) is 0 Å². The third-order valence-electron chi connectivity index (χ3n) is 2.58. The number of aliphatic hydroxyl groups excluding tert-OH is 1. The molecular weight excluding hydrogens is 164 g/mol. The summed E-state index contributed by atoms with van der Waals surface area (Å²) in [7, 11) is 1.93. The molecule has 1 N–H and O–H groups in total. The highest BCUT2D eigenvalue weighted by atomic mass is 16.3. The van der Waals surface area contributed by atoms with Crippen molar-refractivity contribution in [1.29, 1.82) is 0 Å². The molecule has 0 aromatic carbocycles. The van der Waals surface area contributed by atoms with Gasteiger partial charge < -0.3 is 5.11 Å². The molecule has 0 bridgehead atoms. The Balaban J connectivity index is 3.28. The second-order valence-electron chi connectivity index (χ2n) is 4.21. The minimum atomic E-state index is -0.192. The van der Waals surface area contributed by atoms with Gasteiger partial charge in [-0.1, -0.05) is 13.8 Å². The van der Waals surface area contributed by atoms with Crippen LogP contribution in [0.25, 0.3) is 0 Å². The third-order valence-corrected chi connectivity index (χ3v) is 2.58. The molecule has 0 radical (unpaired) electrons. The van der Waals surface area contributed by atoms with Gasteiger partial charge in [0.05, 0.1) is 12.3 Å². The van der Waals surface area contributed by atoms with Gasteiger partial charge in [0.15, 0.2) is 0 Å². The fourth-order valence-electron chi connectivity index (χ4n) is 1.83. The van der Waals surface area contributed by atoms with Crippen LogP contribution in [0, 0.1) is 13.8 Å². The van der Waals surface area contributed by atoms with Crippen LogP contribution < -0.4 is 0 Å². The Hall–Kier alpha value is -0.830. The molecule has 0 unspecified atom stereocenters. The lowest BCUT2D eigenvalue weighted by Gasteiger charge is -2.22. The number of aromatic nitrogens is 2. The molecule has 74 valence electrons. The van der Waals surface area contributed by atoms with Crippen LogP contribution in [0.2, 0.25) is 0 Å². The highest BCUT2D eigenvalue weighted by molar-refractivity contribution is 5.32. The Morgan fingerprint density at radius 1 is 1.38 bits per heavy atom. The molecule has 3 heteroatoms. The Labute approximate surface area is 79.4 Å². The van der Waals surface area contributed by atoms with E-state index < -0.39 is 0 Å². The third kappa shape index (κ3) is 1.61. The minimum Gasteiger partial charge on any atom is -0.395 e. The number of hydrogen-bond acceptors (Lipinski definition) is 2. The lowest BCUT2D eigenvalue weighted by Crippen LogP contribution is -2.23. The van der Waals surface area contributed by atoms with Crippen molar-refractivity contribution < 1.29 is 5.11 Å². The van der Waals surface area contributed by atoms with Gasteiger partial charge in [-0.3, -0.25) is 4.68 Å². The van der Waals surface area contributed by atoms with E-state index >= 15 is 0 Å². The van der Waals surface area contributed by atoms with Crippen LogP contribution in [0.15, 0.2) is 0 Å². The van der Waals surface area contributed by atoms with E-state index in [2.05, 4.69) is 5.10 Å². The summed E-state index contributed by atoms with van der Waals surface area (Å²) in [5.41, 5.74) is 3.12. The van der Waals surface area contributed by atoms with Crippen molar-refractivity contribution in [2.75, 3.05) is 6.61 Å². The molecular formula is C10H18N2O. The molecule has 1 heterocycles. The first-order valence-corrected chi connectivity index (χ1v) is 4.51. The zero-order valence-electron chi connectivity index (χ0n) is 9.05. The number of hydrogen-bond donors (Lipinski definition) is 1. The number of aliphatic hydroxyl groups is 1. The fourth-order valence-corrected chi connectivity index (χ4v) is 1.83. The van der Waals surface area contributed by atoms with Crippen LogP contribution in [0.1, 0.15) is 30.8 Å². The topological polar surface area (TPSA) is 38.0 Å². The van der Waals surface area contributed by atoms with Crippen LogP contribution >= 0.6 is 0 Å². The molecule has 0 aliphatic carbocycles. The van der Waals surface area contributed by atoms with E-state index in [0.29, 0.717) is 0 Å². The van der Waals surface area contributed by atoms with Crippen LogP contribution in [-0.2, 0) is 12.5 Å². The minimum absolute atomic E-state index is 0.153. The summed E-state index contributed by atoms with van der Waals surface area (Å²) in [5.74, 6) is 0. The molecule has 13 heavy (non-hydrogen) atoms. The van der Waals surface area contributed by atoms with Gasteiger partial charge in [0.1, 0.15) is 0 Å². The van der Waals surface area contributed by atoms with Gasteiger partial charge in [-0.15, -0.1) is 0 Å². The summed E-state index contributed by atoms with van der Waals surface area (Å²) in [6.45, 7) is 8.24. The summed E-state index contributed by atoms with van der Waals surface area (Å²) >= 11 is 0. The van der Waals surface area contributed by atoms with E-state index in [1.165, 1.54) is 0 Å². The normalized spacial score (nSPS) is 12.2. The van der Waals surface area contributed by atoms with E-state index in [1.54, 1.807) is 0 Å². The van der Waals surface area contributed by atoms with Crippen LogP contribution in [0.3, 0.4) is 0 Å². The van der Waals surface area contributed by atoms with Crippen molar-refractivity contribution in [3.8, 4) is 0 Å². The molecule has 0 atom stereocenters. The van der Waals surface area contributed by atoms with Crippen molar-refractivity contribution in [3.63, 3.8) is 0 Å². The van der Waals surface area contributed by atoms with Crippen LogP contribution in [-0.4, -0.2) is 21.5 Å². The lowest BCUT2D eigenvalue weighted by atomic mass is 9.84. The first-order chi connectivity index (χ1) is 5.90. The van der Waals surface area contributed by atoms with Crippen molar-refractivity contribution in [1.82, 2.24) is 9.78 Å². The molecule has 1 aromatic rings. The quantitative estimate of drug-likeness (QED) is 0.748. The Kier molecular flexibility index (Phi) is 2.48. The zero-order valence-corrected chi connectivity index (χ0v) is 9.05. The maximum Gasteiger partial charge on any atom is 0.0634 e. The average molecular weight is 182 g/mol. The Morgan fingerprint density at radius 2 is 1.92 bits per heavy atom. The predicted molar refractivity (Wildman–Crippen MR) is 52.8 cm³/mol. The SMILES string of the molecule is Cc1nn(C)c(C)c1C(C)(C)CO. The highest BCUT2D eigenvalue weighted by Gasteiger charge is 2.26. The molecule has 0 amide bonds. The molecule has 1 aromatic heterocycles. The number of aryl methyl sites for hydroxylation is 2. The summed E-state index contributed by atoms with van der Waals surface area (Å²) in [5, 5.41) is 13.6. The predicted octanol–water partition coefficient (Wildman–Crippen LogP) is 1.31. The van der Waals surface area contributed by atoms with Crippen LogP contribution in [0.5, 0.6) is 0 Å². The molecule has 0 fully saturated rings. The number of rotatable bonds is 2. The van der Waals surface area contributed by atoms with Gasteiger partial charge in [0.2, 0.25) is 0 Å². The van der Waals surface area contributed by atoms with Gasteiger partial charge in [-0.05, 0) is 13.8 Å². The van der Waals surface area contributed by atoms with E-state index in [0.717, 1.165) is 17.0 Å². The highest BCUT2D eigenvalue weighted by Crippen LogP contribution is 2.27. The molecule has 3 nitrogen and oxygen atoms in total. The van der Waals surface area contributed by atoms with E-state index in [9.17, 15) is 5.11 Å². The molecule has 0 spiro atoms. The summed E-state index contributed by atoms with van der Waals surface area (Å²) in [4.78, 5) is 0. The zero-order chi connectivity index (χ0) is 10.2. The largest absolute Gasteiger partial charge is 0.395 e. The molecule has 0 saturated carbocycles. The number of nitrogens with zero attached hydrogens (tertiary/aromatic N) is 2. The molecule has 1 rings (SSSR count). The van der Waals surface area contributed by atoms with Crippen molar-refractivity contribution in [3.05, 3.63) is 17.0 Å². The van der Waals surface area contributed by atoms with Gasteiger partial charge >= 0.3 is 0 Å². The molecule has 0 aliphatic heterocycles. The molecule has 0 aliphatic rings.